The maximum atomic E-state index is 13.8. The first-order valence-electron chi connectivity index (χ1n) is 5.81. The average molecular weight is 244 g/mol. The summed E-state index contributed by atoms with van der Waals surface area (Å²) in [5.41, 5.74) is 10.3. The molecule has 92 valence electrons. The number of nitrogens with zero attached hydrogens (tertiary/aromatic N) is 1. The van der Waals surface area contributed by atoms with Gasteiger partial charge in [0, 0.05) is 22.9 Å². The van der Waals surface area contributed by atoms with E-state index in [-0.39, 0.29) is 5.82 Å². The van der Waals surface area contributed by atoms with Crippen LogP contribution >= 0.6 is 0 Å². The second kappa shape index (κ2) is 3.98. The third-order valence-corrected chi connectivity index (χ3v) is 3.43. The number of aryl methyl sites for hydroxylation is 1. The highest BCUT2D eigenvalue weighted by Crippen LogP contribution is 2.37. The molecular formula is C14H13FN2O. The van der Waals surface area contributed by atoms with Gasteiger partial charge in [0.15, 0.2) is 0 Å². The second-order valence-electron chi connectivity index (χ2n) is 4.37. The summed E-state index contributed by atoms with van der Waals surface area (Å²) in [6.07, 6.45) is 3.19. The molecule has 0 bridgehead atoms. The fourth-order valence-corrected chi connectivity index (χ4v) is 2.29. The number of halogens is 1. The molecule has 0 radical (unpaired) electrons. The number of anilines is 1. The molecule has 1 aliphatic carbocycles. The first kappa shape index (κ1) is 11.0. The van der Waals surface area contributed by atoms with Gasteiger partial charge in [-0.25, -0.2) is 9.37 Å². The van der Waals surface area contributed by atoms with Gasteiger partial charge >= 0.3 is 0 Å². The summed E-state index contributed by atoms with van der Waals surface area (Å²) < 4.78 is 18.9. The van der Waals surface area contributed by atoms with Crippen molar-refractivity contribution in [3.8, 4) is 17.0 Å². The van der Waals surface area contributed by atoms with Crippen molar-refractivity contribution in [2.45, 2.75) is 12.8 Å². The molecule has 0 saturated carbocycles. The zero-order valence-electron chi connectivity index (χ0n) is 10.0. The summed E-state index contributed by atoms with van der Waals surface area (Å²) >= 11 is 0. The number of rotatable bonds is 2. The van der Waals surface area contributed by atoms with Crippen molar-refractivity contribution >= 4 is 5.69 Å². The molecule has 2 N–H and O–H groups in total. The minimum atomic E-state index is -0.387. The van der Waals surface area contributed by atoms with Crippen molar-refractivity contribution < 1.29 is 9.13 Å². The van der Waals surface area contributed by atoms with Crippen LogP contribution in [0.5, 0.6) is 5.88 Å². The number of nitrogen functional groups attached to an aromatic ring is 1. The monoisotopic (exact) mass is 244 g/mol. The van der Waals surface area contributed by atoms with Gasteiger partial charge in [0.1, 0.15) is 5.82 Å². The lowest BCUT2D eigenvalue weighted by molar-refractivity contribution is 0.396. The van der Waals surface area contributed by atoms with Gasteiger partial charge in [-0.3, -0.25) is 0 Å². The van der Waals surface area contributed by atoms with Gasteiger partial charge in [-0.15, -0.1) is 0 Å². The predicted octanol–water partition coefficient (Wildman–Crippen LogP) is 2.58. The van der Waals surface area contributed by atoms with Gasteiger partial charge in [-0.2, -0.15) is 0 Å². The van der Waals surface area contributed by atoms with Crippen LogP contribution < -0.4 is 10.5 Å². The third kappa shape index (κ3) is 1.53. The average Bonchev–Trinajstić information content (AvgIpc) is 2.33. The number of nitrogens with two attached hydrogens (primary N) is 1. The molecule has 0 saturated heterocycles. The highest BCUT2D eigenvalue weighted by molar-refractivity contribution is 5.81. The summed E-state index contributed by atoms with van der Waals surface area (Å²) in [4.78, 5) is 3.83. The second-order valence-corrected chi connectivity index (χ2v) is 4.37. The molecule has 1 heterocycles. The topological polar surface area (TPSA) is 48.1 Å². The summed E-state index contributed by atoms with van der Waals surface area (Å²) in [5, 5.41) is 0. The van der Waals surface area contributed by atoms with E-state index in [1.807, 2.05) is 12.1 Å². The molecule has 0 unspecified atom stereocenters. The van der Waals surface area contributed by atoms with Gasteiger partial charge in [0.2, 0.25) is 5.88 Å². The molecular weight excluding hydrogens is 231 g/mol. The fourth-order valence-electron chi connectivity index (χ4n) is 2.29. The SMILES string of the molecule is COc1cc(-c2ccc3c(c2N)CC3)c(F)cn1. The Morgan fingerprint density at radius 3 is 2.78 bits per heavy atom. The predicted molar refractivity (Wildman–Crippen MR) is 68.0 cm³/mol. The van der Waals surface area contributed by atoms with Crippen LogP contribution in [0.1, 0.15) is 11.1 Å². The maximum Gasteiger partial charge on any atom is 0.213 e. The summed E-state index contributed by atoms with van der Waals surface area (Å²) in [5.74, 6) is -0.00439. The molecule has 3 nitrogen and oxygen atoms in total. The molecule has 3 rings (SSSR count). The molecule has 1 aromatic heterocycles. The van der Waals surface area contributed by atoms with E-state index in [2.05, 4.69) is 4.98 Å². The number of aromatic nitrogens is 1. The number of ether oxygens (including phenoxy) is 1. The number of pyridine rings is 1. The Morgan fingerprint density at radius 1 is 1.28 bits per heavy atom. The third-order valence-electron chi connectivity index (χ3n) is 3.43. The first-order chi connectivity index (χ1) is 8.70. The first-order valence-corrected chi connectivity index (χ1v) is 5.81. The molecule has 1 aromatic carbocycles. The number of fused-ring (bicyclic) bond motifs is 1. The molecule has 0 spiro atoms. The van der Waals surface area contributed by atoms with E-state index in [1.54, 1.807) is 6.07 Å². The van der Waals surface area contributed by atoms with Crippen LogP contribution in [0.4, 0.5) is 10.1 Å². The van der Waals surface area contributed by atoms with E-state index in [1.165, 1.54) is 12.7 Å². The minimum absolute atomic E-state index is 0.383. The van der Waals surface area contributed by atoms with E-state index in [9.17, 15) is 4.39 Å². The van der Waals surface area contributed by atoms with Crippen molar-refractivity contribution in [2.24, 2.45) is 0 Å². The standard InChI is InChI=1S/C14H13FN2O/c1-18-13-6-11(12(15)7-17-13)10-5-3-8-2-4-9(8)14(10)16/h3,5-7H,2,4,16H2,1H3. The lowest BCUT2D eigenvalue weighted by Gasteiger charge is -2.23. The quantitative estimate of drug-likeness (QED) is 0.826. The van der Waals surface area contributed by atoms with Crippen LogP contribution in [0.2, 0.25) is 0 Å². The fraction of sp³-hybridized carbons (Fsp3) is 0.214. The van der Waals surface area contributed by atoms with Gasteiger partial charge < -0.3 is 10.5 Å². The van der Waals surface area contributed by atoms with E-state index >= 15 is 0 Å². The number of methoxy groups -OCH3 is 1. The van der Waals surface area contributed by atoms with E-state index in [4.69, 9.17) is 10.5 Å². The van der Waals surface area contributed by atoms with Gasteiger partial charge in [0.25, 0.3) is 0 Å². The Morgan fingerprint density at radius 2 is 2.11 bits per heavy atom. The minimum Gasteiger partial charge on any atom is -0.481 e. The van der Waals surface area contributed by atoms with E-state index in [0.29, 0.717) is 22.7 Å². The van der Waals surface area contributed by atoms with Crippen LogP contribution in [0.25, 0.3) is 11.1 Å². The molecule has 0 atom stereocenters. The van der Waals surface area contributed by atoms with Crippen LogP contribution in [0.15, 0.2) is 24.4 Å². The number of hydrogen-bond donors (Lipinski definition) is 1. The smallest absolute Gasteiger partial charge is 0.213 e. The molecule has 4 heteroatoms. The van der Waals surface area contributed by atoms with Crippen LogP contribution in [0, 0.1) is 5.82 Å². The van der Waals surface area contributed by atoms with Gasteiger partial charge in [0.05, 0.1) is 13.3 Å². The van der Waals surface area contributed by atoms with E-state index < -0.39 is 0 Å². The molecule has 0 amide bonds. The Kier molecular flexibility index (Phi) is 2.44. The maximum absolute atomic E-state index is 13.8. The Labute approximate surface area is 104 Å². The van der Waals surface area contributed by atoms with Gasteiger partial charge in [-0.05, 0) is 24.0 Å². The largest absolute Gasteiger partial charge is 0.481 e. The Hall–Kier alpha value is -2.10. The van der Waals surface area contributed by atoms with Crippen LogP contribution in [-0.2, 0) is 12.8 Å². The zero-order chi connectivity index (χ0) is 12.7. The van der Waals surface area contributed by atoms with Crippen molar-refractivity contribution in [1.82, 2.24) is 4.98 Å². The Balaban J connectivity index is 2.18. The summed E-state index contributed by atoms with van der Waals surface area (Å²) in [6.45, 7) is 0. The van der Waals surface area contributed by atoms with Crippen molar-refractivity contribution in [3.63, 3.8) is 0 Å². The molecule has 0 fully saturated rings. The molecule has 0 aliphatic heterocycles. The molecule has 2 aromatic rings. The lowest BCUT2D eigenvalue weighted by Crippen LogP contribution is -2.12. The van der Waals surface area contributed by atoms with Crippen LogP contribution in [0.3, 0.4) is 0 Å². The molecule has 1 aliphatic rings. The van der Waals surface area contributed by atoms with Crippen LogP contribution in [-0.4, -0.2) is 12.1 Å². The Bertz CT molecular complexity index is 625. The van der Waals surface area contributed by atoms with Crippen molar-refractivity contribution in [3.05, 3.63) is 41.3 Å². The zero-order valence-corrected chi connectivity index (χ0v) is 10.0. The highest BCUT2D eigenvalue weighted by Gasteiger charge is 2.20. The van der Waals surface area contributed by atoms with Crippen molar-refractivity contribution in [2.75, 3.05) is 12.8 Å². The number of hydrogen-bond acceptors (Lipinski definition) is 3. The van der Waals surface area contributed by atoms with E-state index in [0.717, 1.165) is 24.6 Å². The van der Waals surface area contributed by atoms with Gasteiger partial charge in [-0.1, -0.05) is 12.1 Å². The molecule has 18 heavy (non-hydrogen) atoms. The summed E-state index contributed by atoms with van der Waals surface area (Å²) in [6, 6.07) is 5.45. The lowest BCUT2D eigenvalue weighted by atomic mass is 9.84. The highest BCUT2D eigenvalue weighted by atomic mass is 19.1. The number of benzene rings is 1. The summed E-state index contributed by atoms with van der Waals surface area (Å²) in [7, 11) is 1.50. The van der Waals surface area contributed by atoms with Crippen molar-refractivity contribution in [1.29, 1.82) is 0 Å². The normalized spacial score (nSPS) is 12.8.